The summed E-state index contributed by atoms with van der Waals surface area (Å²) in [4.78, 5) is 0. The molecule has 1 saturated carbocycles. The molecule has 60 valence electrons. The van der Waals surface area contributed by atoms with Crippen molar-refractivity contribution in [1.82, 2.24) is 5.32 Å². The highest BCUT2D eigenvalue weighted by molar-refractivity contribution is 5.05. The molecule has 3 N–H and O–H groups in total. The number of nitrogens with one attached hydrogen (secondary N) is 1. The van der Waals surface area contributed by atoms with Crippen molar-refractivity contribution in [3.63, 3.8) is 0 Å². The molecule has 0 aromatic carbocycles. The average Bonchev–Trinajstić information content (AvgIpc) is 2.36. The number of hydrogen-bond donors (Lipinski definition) is 2. The van der Waals surface area contributed by atoms with Crippen LogP contribution in [0.4, 0.5) is 0 Å². The van der Waals surface area contributed by atoms with E-state index in [0.29, 0.717) is 5.41 Å². The van der Waals surface area contributed by atoms with Gasteiger partial charge in [-0.2, -0.15) is 0 Å². The third-order valence-electron chi connectivity index (χ3n) is 2.97. The Morgan fingerprint density at radius 3 is 2.30 bits per heavy atom. The first-order chi connectivity index (χ1) is 4.64. The van der Waals surface area contributed by atoms with E-state index >= 15 is 0 Å². The van der Waals surface area contributed by atoms with Gasteiger partial charge >= 0.3 is 0 Å². The largest absolute Gasteiger partial charge is 0.330 e. The van der Waals surface area contributed by atoms with Crippen LogP contribution < -0.4 is 11.1 Å². The molecule has 10 heavy (non-hydrogen) atoms. The summed E-state index contributed by atoms with van der Waals surface area (Å²) in [6, 6.07) is 0. The summed E-state index contributed by atoms with van der Waals surface area (Å²) in [5, 5.41) is 3.19. The molecule has 0 amide bonds. The highest BCUT2D eigenvalue weighted by Crippen LogP contribution is 2.56. The second-order valence-electron chi connectivity index (χ2n) is 3.83. The Morgan fingerprint density at radius 2 is 2.00 bits per heavy atom. The van der Waals surface area contributed by atoms with Gasteiger partial charge in [0.25, 0.3) is 0 Å². The highest BCUT2D eigenvalue weighted by atomic mass is 14.9. The second kappa shape index (κ2) is 2.51. The van der Waals surface area contributed by atoms with Crippen LogP contribution in [-0.2, 0) is 0 Å². The summed E-state index contributed by atoms with van der Waals surface area (Å²) >= 11 is 0. The topological polar surface area (TPSA) is 38.0 Å². The van der Waals surface area contributed by atoms with Crippen molar-refractivity contribution in [3.05, 3.63) is 0 Å². The van der Waals surface area contributed by atoms with E-state index < -0.39 is 0 Å². The molecule has 1 aliphatic rings. The molecule has 2 atom stereocenters. The third kappa shape index (κ3) is 1.06. The van der Waals surface area contributed by atoms with Crippen LogP contribution in [0.25, 0.3) is 0 Å². The van der Waals surface area contributed by atoms with Gasteiger partial charge in [-0.15, -0.1) is 0 Å². The quantitative estimate of drug-likeness (QED) is 0.600. The van der Waals surface area contributed by atoms with Gasteiger partial charge in [0.05, 0.1) is 0 Å². The van der Waals surface area contributed by atoms with Gasteiger partial charge in [0, 0.05) is 0 Å². The highest BCUT2D eigenvalue weighted by Gasteiger charge is 2.55. The van der Waals surface area contributed by atoms with Crippen LogP contribution in [0.1, 0.15) is 13.8 Å². The zero-order chi connectivity index (χ0) is 7.78. The van der Waals surface area contributed by atoms with E-state index in [0.717, 1.165) is 24.9 Å². The van der Waals surface area contributed by atoms with E-state index in [-0.39, 0.29) is 0 Å². The van der Waals surface area contributed by atoms with Crippen LogP contribution in [0.15, 0.2) is 0 Å². The van der Waals surface area contributed by atoms with Gasteiger partial charge in [-0.1, -0.05) is 13.8 Å². The summed E-state index contributed by atoms with van der Waals surface area (Å²) in [6.07, 6.45) is 0. The summed E-state index contributed by atoms with van der Waals surface area (Å²) in [5.41, 5.74) is 6.10. The lowest BCUT2D eigenvalue weighted by Crippen LogP contribution is -2.13. The van der Waals surface area contributed by atoms with Crippen molar-refractivity contribution in [2.75, 3.05) is 20.1 Å². The smallest absolute Gasteiger partial charge is 0.00150 e. The molecular weight excluding hydrogens is 124 g/mol. The zero-order valence-corrected chi connectivity index (χ0v) is 7.15. The lowest BCUT2D eigenvalue weighted by molar-refractivity contribution is 0.527. The maximum atomic E-state index is 5.60. The molecule has 2 unspecified atom stereocenters. The Bertz CT molecular complexity index is 120. The molecule has 1 rings (SSSR count). The molecule has 0 spiro atoms. The first-order valence-corrected chi connectivity index (χ1v) is 3.99. The van der Waals surface area contributed by atoms with Gasteiger partial charge in [-0.25, -0.2) is 0 Å². The lowest BCUT2D eigenvalue weighted by atomic mass is 10.1. The SMILES string of the molecule is CNCC1C(CN)C1(C)C. The predicted octanol–water partition coefficient (Wildman–Crippen LogP) is 0.437. The van der Waals surface area contributed by atoms with E-state index in [1.54, 1.807) is 0 Å². The molecule has 2 nitrogen and oxygen atoms in total. The van der Waals surface area contributed by atoms with E-state index in [4.69, 9.17) is 5.73 Å². The molecule has 1 aliphatic carbocycles. The standard InChI is InChI=1S/C8H18N2/c1-8(2)6(4-9)7(8)5-10-3/h6-7,10H,4-5,9H2,1-3H3. The summed E-state index contributed by atoms with van der Waals surface area (Å²) in [6.45, 7) is 6.56. The van der Waals surface area contributed by atoms with Crippen molar-refractivity contribution in [2.24, 2.45) is 23.0 Å². The Labute approximate surface area is 63.2 Å². The normalized spacial score (nSPS) is 36.0. The number of nitrogens with two attached hydrogens (primary N) is 1. The van der Waals surface area contributed by atoms with E-state index in [1.807, 2.05) is 7.05 Å². The molecule has 0 radical (unpaired) electrons. The van der Waals surface area contributed by atoms with E-state index in [9.17, 15) is 0 Å². The fourth-order valence-electron chi connectivity index (χ4n) is 1.95. The van der Waals surface area contributed by atoms with Gasteiger partial charge in [-0.3, -0.25) is 0 Å². The number of hydrogen-bond acceptors (Lipinski definition) is 2. The minimum absolute atomic E-state index is 0.498. The van der Waals surface area contributed by atoms with Crippen LogP contribution in [0, 0.1) is 17.3 Å². The fourth-order valence-corrected chi connectivity index (χ4v) is 1.95. The predicted molar refractivity (Wildman–Crippen MR) is 43.7 cm³/mol. The molecule has 0 saturated heterocycles. The Morgan fingerprint density at radius 1 is 1.40 bits per heavy atom. The molecule has 1 fully saturated rings. The fraction of sp³-hybridized carbons (Fsp3) is 1.00. The minimum atomic E-state index is 0.498. The monoisotopic (exact) mass is 142 g/mol. The van der Waals surface area contributed by atoms with Gasteiger partial charge in [0.15, 0.2) is 0 Å². The maximum absolute atomic E-state index is 5.60. The molecule has 0 heterocycles. The molecule has 0 aromatic heterocycles. The van der Waals surface area contributed by atoms with E-state index in [2.05, 4.69) is 19.2 Å². The van der Waals surface area contributed by atoms with Crippen molar-refractivity contribution in [1.29, 1.82) is 0 Å². The van der Waals surface area contributed by atoms with Gasteiger partial charge in [0.1, 0.15) is 0 Å². The number of rotatable bonds is 3. The second-order valence-corrected chi connectivity index (χ2v) is 3.83. The van der Waals surface area contributed by atoms with Crippen molar-refractivity contribution < 1.29 is 0 Å². The minimum Gasteiger partial charge on any atom is -0.330 e. The van der Waals surface area contributed by atoms with Crippen LogP contribution in [-0.4, -0.2) is 20.1 Å². The van der Waals surface area contributed by atoms with Gasteiger partial charge in [-0.05, 0) is 37.4 Å². The van der Waals surface area contributed by atoms with Crippen molar-refractivity contribution >= 4 is 0 Å². The van der Waals surface area contributed by atoms with Crippen molar-refractivity contribution in [2.45, 2.75) is 13.8 Å². The molecule has 0 bridgehead atoms. The van der Waals surface area contributed by atoms with Crippen LogP contribution in [0.3, 0.4) is 0 Å². The first kappa shape index (κ1) is 8.02. The average molecular weight is 142 g/mol. The molecule has 2 heteroatoms. The third-order valence-corrected chi connectivity index (χ3v) is 2.97. The molecular formula is C8H18N2. The summed E-state index contributed by atoms with van der Waals surface area (Å²) in [5.74, 6) is 1.56. The van der Waals surface area contributed by atoms with Crippen LogP contribution in [0.2, 0.25) is 0 Å². The van der Waals surface area contributed by atoms with E-state index in [1.165, 1.54) is 0 Å². The zero-order valence-electron chi connectivity index (χ0n) is 7.15. The van der Waals surface area contributed by atoms with Gasteiger partial charge < -0.3 is 11.1 Å². The molecule has 0 aliphatic heterocycles. The van der Waals surface area contributed by atoms with Gasteiger partial charge in [0.2, 0.25) is 0 Å². The summed E-state index contributed by atoms with van der Waals surface area (Å²) < 4.78 is 0. The van der Waals surface area contributed by atoms with Crippen LogP contribution >= 0.6 is 0 Å². The van der Waals surface area contributed by atoms with Crippen LogP contribution in [0.5, 0.6) is 0 Å². The maximum Gasteiger partial charge on any atom is -0.00150 e. The Balaban J connectivity index is 2.37. The first-order valence-electron chi connectivity index (χ1n) is 3.99. The summed E-state index contributed by atoms with van der Waals surface area (Å²) in [7, 11) is 2.00. The van der Waals surface area contributed by atoms with Crippen molar-refractivity contribution in [3.8, 4) is 0 Å². The Hall–Kier alpha value is -0.0800. The lowest BCUT2D eigenvalue weighted by Gasteiger charge is -1.99. The molecule has 0 aromatic rings. The Kier molecular flexibility index (Phi) is 2.02.